The molecule has 5 rings (SSSR count). The summed E-state index contributed by atoms with van der Waals surface area (Å²) in [7, 11) is -0.233. The van der Waals surface area contributed by atoms with Gasteiger partial charge < -0.3 is 19.5 Å². The molecule has 0 aliphatic carbocycles. The van der Waals surface area contributed by atoms with Crippen molar-refractivity contribution in [2.75, 3.05) is 36.5 Å². The summed E-state index contributed by atoms with van der Waals surface area (Å²) >= 11 is 0. The van der Waals surface area contributed by atoms with E-state index >= 15 is 0 Å². The average Bonchev–Trinajstić information content (AvgIpc) is 3.37. The molecule has 2 heterocycles. The number of hydrogen-bond acceptors (Lipinski definition) is 5. The van der Waals surface area contributed by atoms with Gasteiger partial charge in [-0.15, -0.1) is 0 Å². The number of carbonyl (C=O) groups excluding carboxylic acids is 2. The Bertz CT molecular complexity index is 1800. The molecule has 3 aromatic carbocycles. The minimum Gasteiger partial charge on any atom is -0.492 e. The fourth-order valence-corrected chi connectivity index (χ4v) is 6.25. The van der Waals surface area contributed by atoms with Crippen LogP contribution in [0.3, 0.4) is 0 Å². The summed E-state index contributed by atoms with van der Waals surface area (Å²) in [5, 5.41) is 3.93. The van der Waals surface area contributed by atoms with Crippen molar-refractivity contribution in [3.63, 3.8) is 0 Å². The lowest BCUT2D eigenvalue weighted by atomic mass is 9.86. The molecule has 0 unspecified atom stereocenters. The lowest BCUT2D eigenvalue weighted by Gasteiger charge is -2.26. The van der Waals surface area contributed by atoms with Gasteiger partial charge in [0.1, 0.15) is 5.69 Å². The summed E-state index contributed by atoms with van der Waals surface area (Å²) in [5.74, 6) is 0.135. The maximum absolute atomic E-state index is 13.3. The van der Waals surface area contributed by atoms with E-state index in [-0.39, 0.29) is 28.7 Å². The first-order valence-corrected chi connectivity index (χ1v) is 17.6. The Balaban J connectivity index is 0.000000284. The SMILES string of the molecule is CCc1cccc2cc(C(=O)Nc3cc(C(C)(C)C)cc(NS(C)(=O)=O)c3OC)n(C)c12.O=C(c1ccccc1)N1CCCCC1. The Kier molecular flexibility index (Phi) is 10.8. The van der Waals surface area contributed by atoms with Crippen molar-refractivity contribution in [3.8, 4) is 5.75 Å². The predicted molar refractivity (Wildman–Crippen MR) is 187 cm³/mol. The first-order valence-electron chi connectivity index (χ1n) is 15.7. The number of amides is 2. The second-order valence-electron chi connectivity index (χ2n) is 12.7. The number of aryl methyl sites for hydroxylation is 2. The van der Waals surface area contributed by atoms with Crippen LogP contribution in [0.1, 0.15) is 78.9 Å². The van der Waals surface area contributed by atoms with Crippen molar-refractivity contribution in [1.29, 1.82) is 0 Å². The van der Waals surface area contributed by atoms with Crippen LogP contribution in [0.5, 0.6) is 5.75 Å². The average molecular weight is 647 g/mol. The molecule has 1 saturated heterocycles. The second kappa shape index (κ2) is 14.4. The van der Waals surface area contributed by atoms with Gasteiger partial charge in [-0.1, -0.05) is 64.1 Å². The van der Waals surface area contributed by atoms with E-state index in [1.54, 1.807) is 6.07 Å². The van der Waals surface area contributed by atoms with Gasteiger partial charge in [-0.25, -0.2) is 8.42 Å². The number of nitrogens with zero attached hydrogens (tertiary/aromatic N) is 2. The molecule has 10 heteroatoms. The van der Waals surface area contributed by atoms with Crippen molar-refractivity contribution >= 4 is 44.1 Å². The largest absolute Gasteiger partial charge is 0.492 e. The van der Waals surface area contributed by atoms with Gasteiger partial charge in [0.15, 0.2) is 5.75 Å². The fraction of sp³-hybridized carbons (Fsp3) is 0.389. The van der Waals surface area contributed by atoms with E-state index in [4.69, 9.17) is 4.74 Å². The normalized spacial score (nSPS) is 13.5. The van der Waals surface area contributed by atoms with E-state index < -0.39 is 10.0 Å². The van der Waals surface area contributed by atoms with Gasteiger partial charge in [-0.2, -0.15) is 0 Å². The van der Waals surface area contributed by atoms with Gasteiger partial charge in [0, 0.05) is 31.1 Å². The first-order chi connectivity index (χ1) is 21.7. The van der Waals surface area contributed by atoms with Crippen LogP contribution < -0.4 is 14.8 Å². The highest BCUT2D eigenvalue weighted by Crippen LogP contribution is 2.39. The minimum atomic E-state index is -3.55. The van der Waals surface area contributed by atoms with Gasteiger partial charge >= 0.3 is 0 Å². The van der Waals surface area contributed by atoms with Gasteiger partial charge in [0.2, 0.25) is 10.0 Å². The number of nitrogens with one attached hydrogen (secondary N) is 2. The number of aromatic nitrogens is 1. The van der Waals surface area contributed by atoms with Crippen LogP contribution in [-0.4, -0.2) is 56.2 Å². The van der Waals surface area contributed by atoms with Gasteiger partial charge in [-0.3, -0.25) is 14.3 Å². The molecule has 4 aromatic rings. The van der Waals surface area contributed by atoms with E-state index in [0.29, 0.717) is 11.4 Å². The summed E-state index contributed by atoms with van der Waals surface area (Å²) in [6.45, 7) is 9.98. The number of likely N-dealkylation sites (tertiary alicyclic amines) is 1. The zero-order valence-electron chi connectivity index (χ0n) is 27.9. The number of sulfonamides is 1. The molecule has 0 bridgehead atoms. The van der Waals surface area contributed by atoms with Crippen LogP contribution in [0, 0.1) is 0 Å². The fourth-order valence-electron chi connectivity index (χ4n) is 5.70. The number of fused-ring (bicyclic) bond motifs is 1. The van der Waals surface area contributed by atoms with Crippen molar-refractivity contribution in [2.45, 2.75) is 58.8 Å². The Hall–Kier alpha value is -4.31. The van der Waals surface area contributed by atoms with Gasteiger partial charge in [0.25, 0.3) is 11.8 Å². The summed E-state index contributed by atoms with van der Waals surface area (Å²) in [5.41, 5.74) is 4.75. The third kappa shape index (κ3) is 8.28. The molecule has 9 nitrogen and oxygen atoms in total. The standard InChI is InChI=1S/C24H31N3O4S.C12H15NO/c1-8-15-10-9-11-16-12-20(27(5)21(15)16)23(28)25-18-13-17(24(2,3)4)14-19(22(18)31-6)26-32(7,29)30;14-12(11-7-3-1-4-8-11)13-9-5-2-6-10-13/h9-14,26H,8H2,1-7H3,(H,25,28);1,3-4,7-8H,2,5-6,9-10H2. The van der Waals surface area contributed by atoms with Crippen molar-refractivity contribution < 1.29 is 22.7 Å². The number of methoxy groups -OCH3 is 1. The summed E-state index contributed by atoms with van der Waals surface area (Å²) < 4.78 is 33.8. The number of piperidine rings is 1. The highest BCUT2D eigenvalue weighted by molar-refractivity contribution is 7.92. The summed E-state index contributed by atoms with van der Waals surface area (Å²) in [6, 6.07) is 21.0. The van der Waals surface area contributed by atoms with E-state index in [9.17, 15) is 18.0 Å². The number of benzene rings is 3. The molecule has 1 aromatic heterocycles. The number of hydrogen-bond donors (Lipinski definition) is 2. The smallest absolute Gasteiger partial charge is 0.272 e. The number of anilines is 2. The molecule has 46 heavy (non-hydrogen) atoms. The quantitative estimate of drug-likeness (QED) is 0.225. The minimum absolute atomic E-state index is 0.185. The third-order valence-electron chi connectivity index (χ3n) is 8.12. The van der Waals surface area contributed by atoms with Crippen LogP contribution in [-0.2, 0) is 28.9 Å². The molecule has 1 aliphatic rings. The molecule has 0 atom stereocenters. The lowest BCUT2D eigenvalue weighted by Crippen LogP contribution is -2.35. The van der Waals surface area contributed by atoms with E-state index in [0.717, 1.165) is 66.2 Å². The Morgan fingerprint density at radius 2 is 1.57 bits per heavy atom. The molecule has 246 valence electrons. The monoisotopic (exact) mass is 646 g/mol. The molecule has 2 N–H and O–H groups in total. The number of para-hydroxylation sites is 1. The highest BCUT2D eigenvalue weighted by atomic mass is 32.2. The van der Waals surface area contributed by atoms with Gasteiger partial charge in [-0.05, 0) is 72.6 Å². The molecule has 0 saturated carbocycles. The topological polar surface area (TPSA) is 110 Å². The third-order valence-corrected chi connectivity index (χ3v) is 8.71. The number of rotatable bonds is 7. The Labute approximate surface area is 273 Å². The van der Waals surface area contributed by atoms with Crippen LogP contribution >= 0.6 is 0 Å². The van der Waals surface area contributed by atoms with E-state index in [1.165, 1.54) is 13.5 Å². The molecule has 1 fully saturated rings. The van der Waals surface area contributed by atoms with Crippen LogP contribution in [0.4, 0.5) is 11.4 Å². The Morgan fingerprint density at radius 1 is 0.913 bits per heavy atom. The van der Waals surface area contributed by atoms with Crippen LogP contribution in [0.25, 0.3) is 10.9 Å². The summed E-state index contributed by atoms with van der Waals surface area (Å²) in [4.78, 5) is 27.2. The van der Waals surface area contributed by atoms with Crippen molar-refractivity contribution in [3.05, 3.63) is 89.1 Å². The molecular weight excluding hydrogens is 600 g/mol. The molecular formula is C36H46N4O5S. The number of ether oxygens (including phenoxy) is 1. The van der Waals surface area contributed by atoms with Crippen molar-refractivity contribution in [1.82, 2.24) is 9.47 Å². The molecule has 0 spiro atoms. The molecule has 0 radical (unpaired) electrons. The van der Waals surface area contributed by atoms with E-state index in [1.807, 2.05) is 91.9 Å². The van der Waals surface area contributed by atoms with Gasteiger partial charge in [0.05, 0.1) is 30.3 Å². The maximum Gasteiger partial charge on any atom is 0.272 e. The lowest BCUT2D eigenvalue weighted by molar-refractivity contribution is 0.0724. The Morgan fingerprint density at radius 3 is 2.15 bits per heavy atom. The predicted octanol–water partition coefficient (Wildman–Crippen LogP) is 6.98. The number of carbonyl (C=O) groups is 2. The van der Waals surface area contributed by atoms with E-state index in [2.05, 4.69) is 23.0 Å². The molecule has 1 aliphatic heterocycles. The highest BCUT2D eigenvalue weighted by Gasteiger charge is 2.24. The van der Waals surface area contributed by atoms with Crippen LogP contribution in [0.15, 0.2) is 66.7 Å². The zero-order valence-corrected chi connectivity index (χ0v) is 28.8. The maximum atomic E-state index is 13.3. The zero-order chi connectivity index (χ0) is 33.6. The summed E-state index contributed by atoms with van der Waals surface area (Å²) in [6.07, 6.45) is 5.50. The van der Waals surface area contributed by atoms with Crippen LogP contribution in [0.2, 0.25) is 0 Å². The van der Waals surface area contributed by atoms with Crippen molar-refractivity contribution in [2.24, 2.45) is 7.05 Å². The second-order valence-corrected chi connectivity index (χ2v) is 14.4. The first kappa shape index (κ1) is 34.6. The molecule has 2 amide bonds.